The number of nitrogens with zero attached hydrogens (tertiary/aromatic N) is 2. The molecule has 166 valence electrons. The van der Waals surface area contributed by atoms with Gasteiger partial charge >= 0.3 is 0 Å². The van der Waals surface area contributed by atoms with E-state index in [0.717, 1.165) is 54.6 Å². The van der Waals surface area contributed by atoms with Crippen molar-refractivity contribution in [3.8, 4) is 0 Å². The standard InChI is InChI=1S/C21H30ClN3O4S/c1-21(20(27)23-18-7-5-3-4-6-8-18)15-24(30(2,28)29)14-19(26)25(21)13-16-9-11-17(22)12-10-16/h9-12,18H,3-8,13-15H2,1-2H3,(H,23,27). The highest BCUT2D eigenvalue weighted by Crippen LogP contribution is 2.28. The summed E-state index contributed by atoms with van der Waals surface area (Å²) in [5.74, 6) is -0.690. The Hall–Kier alpha value is -1.64. The van der Waals surface area contributed by atoms with Gasteiger partial charge in [0.1, 0.15) is 5.54 Å². The maximum absolute atomic E-state index is 13.4. The van der Waals surface area contributed by atoms with E-state index in [-0.39, 0.29) is 37.5 Å². The predicted molar refractivity (Wildman–Crippen MR) is 116 cm³/mol. The van der Waals surface area contributed by atoms with E-state index in [0.29, 0.717) is 5.02 Å². The second-order valence-electron chi connectivity index (χ2n) is 8.57. The van der Waals surface area contributed by atoms with Crippen LogP contribution in [0.5, 0.6) is 0 Å². The van der Waals surface area contributed by atoms with Gasteiger partial charge in [-0.1, -0.05) is 49.4 Å². The number of amides is 2. The third kappa shape index (κ3) is 5.34. The van der Waals surface area contributed by atoms with Gasteiger partial charge in [0.2, 0.25) is 21.8 Å². The van der Waals surface area contributed by atoms with E-state index in [1.807, 2.05) is 12.1 Å². The lowest BCUT2D eigenvalue weighted by Gasteiger charge is -2.47. The molecule has 2 fully saturated rings. The van der Waals surface area contributed by atoms with Crippen LogP contribution in [0.2, 0.25) is 5.02 Å². The van der Waals surface area contributed by atoms with Gasteiger partial charge in [-0.15, -0.1) is 0 Å². The molecule has 2 aliphatic rings. The first-order chi connectivity index (χ1) is 14.1. The summed E-state index contributed by atoms with van der Waals surface area (Å²) in [6.07, 6.45) is 7.32. The number of carbonyl (C=O) groups excluding carboxylic acids is 2. The topological polar surface area (TPSA) is 86.8 Å². The minimum Gasteiger partial charge on any atom is -0.351 e. The average Bonchev–Trinajstić information content (AvgIpc) is 2.94. The lowest BCUT2D eigenvalue weighted by atomic mass is 9.93. The van der Waals surface area contributed by atoms with Crippen molar-refractivity contribution >= 4 is 33.4 Å². The maximum Gasteiger partial charge on any atom is 0.247 e. The molecule has 1 unspecified atom stereocenters. The van der Waals surface area contributed by atoms with Gasteiger partial charge < -0.3 is 10.2 Å². The second-order valence-corrected chi connectivity index (χ2v) is 11.0. The molecule has 30 heavy (non-hydrogen) atoms. The Kier molecular flexibility index (Phi) is 7.09. The Labute approximate surface area is 183 Å². The summed E-state index contributed by atoms with van der Waals surface area (Å²) in [7, 11) is -3.62. The normalized spacial score (nSPS) is 24.5. The van der Waals surface area contributed by atoms with Crippen LogP contribution in [0.3, 0.4) is 0 Å². The van der Waals surface area contributed by atoms with Gasteiger partial charge in [-0.25, -0.2) is 8.42 Å². The number of rotatable bonds is 5. The van der Waals surface area contributed by atoms with Crippen LogP contribution in [0.4, 0.5) is 0 Å². The third-order valence-corrected chi connectivity index (χ3v) is 7.54. The summed E-state index contributed by atoms with van der Waals surface area (Å²) >= 11 is 5.96. The third-order valence-electron chi connectivity index (χ3n) is 6.10. The van der Waals surface area contributed by atoms with E-state index >= 15 is 0 Å². The minimum absolute atomic E-state index is 0.0536. The van der Waals surface area contributed by atoms with Gasteiger partial charge in [0.05, 0.1) is 12.8 Å². The van der Waals surface area contributed by atoms with Gasteiger partial charge in [-0.05, 0) is 37.5 Å². The van der Waals surface area contributed by atoms with E-state index < -0.39 is 15.6 Å². The Morgan fingerprint density at radius 1 is 1.17 bits per heavy atom. The Morgan fingerprint density at radius 3 is 2.33 bits per heavy atom. The largest absolute Gasteiger partial charge is 0.351 e. The van der Waals surface area contributed by atoms with Crippen molar-refractivity contribution in [1.82, 2.24) is 14.5 Å². The summed E-state index contributed by atoms with van der Waals surface area (Å²) < 4.78 is 25.5. The van der Waals surface area contributed by atoms with Crippen molar-refractivity contribution in [2.45, 2.75) is 63.6 Å². The van der Waals surface area contributed by atoms with Gasteiger partial charge in [-0.3, -0.25) is 9.59 Å². The zero-order chi connectivity index (χ0) is 21.9. The molecule has 0 aromatic heterocycles. The summed E-state index contributed by atoms with van der Waals surface area (Å²) in [6, 6.07) is 7.14. The Balaban J connectivity index is 1.88. The van der Waals surface area contributed by atoms with E-state index in [1.165, 1.54) is 4.90 Å². The molecule has 7 nitrogen and oxygen atoms in total. The molecule has 0 bridgehead atoms. The Bertz CT molecular complexity index is 882. The van der Waals surface area contributed by atoms with Crippen LogP contribution in [0.25, 0.3) is 0 Å². The van der Waals surface area contributed by atoms with Gasteiger partial charge in [0.25, 0.3) is 0 Å². The summed E-state index contributed by atoms with van der Waals surface area (Å²) in [6.45, 7) is 1.54. The number of piperazine rings is 1. The lowest BCUT2D eigenvalue weighted by molar-refractivity contribution is -0.154. The minimum atomic E-state index is -3.62. The van der Waals surface area contributed by atoms with Crippen LogP contribution in [-0.2, 0) is 26.2 Å². The molecule has 0 radical (unpaired) electrons. The highest BCUT2D eigenvalue weighted by molar-refractivity contribution is 7.88. The molecule has 1 saturated heterocycles. The molecule has 1 aliphatic carbocycles. The SMILES string of the molecule is CC1(C(=O)NC2CCCCCC2)CN(S(C)(=O)=O)CC(=O)N1Cc1ccc(Cl)cc1. The molecule has 1 aliphatic heterocycles. The fourth-order valence-electron chi connectivity index (χ4n) is 4.22. The molecule has 1 atom stereocenters. The monoisotopic (exact) mass is 455 g/mol. The summed E-state index contributed by atoms with van der Waals surface area (Å²) in [5.41, 5.74) is -0.473. The lowest BCUT2D eigenvalue weighted by Crippen LogP contribution is -2.69. The smallest absolute Gasteiger partial charge is 0.247 e. The van der Waals surface area contributed by atoms with Crippen LogP contribution < -0.4 is 5.32 Å². The van der Waals surface area contributed by atoms with Gasteiger partial charge in [0, 0.05) is 24.2 Å². The molecular weight excluding hydrogens is 426 g/mol. The molecule has 1 aromatic carbocycles. The van der Waals surface area contributed by atoms with Crippen molar-refractivity contribution in [2.75, 3.05) is 19.3 Å². The highest BCUT2D eigenvalue weighted by Gasteiger charge is 2.49. The highest BCUT2D eigenvalue weighted by atomic mass is 35.5. The van der Waals surface area contributed by atoms with Crippen LogP contribution in [-0.4, -0.2) is 60.4 Å². The predicted octanol–water partition coefficient (Wildman–Crippen LogP) is 2.54. The van der Waals surface area contributed by atoms with Crippen LogP contribution in [0.1, 0.15) is 51.0 Å². The van der Waals surface area contributed by atoms with Crippen LogP contribution in [0.15, 0.2) is 24.3 Å². The van der Waals surface area contributed by atoms with Crippen molar-refractivity contribution in [3.63, 3.8) is 0 Å². The van der Waals surface area contributed by atoms with E-state index in [2.05, 4.69) is 5.32 Å². The van der Waals surface area contributed by atoms with E-state index in [4.69, 9.17) is 11.6 Å². The van der Waals surface area contributed by atoms with Gasteiger partial charge in [0.15, 0.2) is 0 Å². The number of nitrogens with one attached hydrogen (secondary N) is 1. The van der Waals surface area contributed by atoms with Crippen molar-refractivity contribution in [1.29, 1.82) is 0 Å². The number of hydrogen-bond donors (Lipinski definition) is 1. The quantitative estimate of drug-likeness (QED) is 0.691. The number of halogens is 1. The molecule has 1 N–H and O–H groups in total. The fraction of sp³-hybridized carbons (Fsp3) is 0.619. The van der Waals surface area contributed by atoms with E-state index in [1.54, 1.807) is 19.1 Å². The zero-order valence-corrected chi connectivity index (χ0v) is 19.1. The van der Waals surface area contributed by atoms with Crippen LogP contribution >= 0.6 is 11.6 Å². The first-order valence-corrected chi connectivity index (χ1v) is 12.6. The maximum atomic E-state index is 13.4. The molecule has 3 rings (SSSR count). The summed E-state index contributed by atoms with van der Waals surface area (Å²) in [4.78, 5) is 27.9. The first kappa shape index (κ1) is 23.0. The van der Waals surface area contributed by atoms with Crippen molar-refractivity contribution in [2.24, 2.45) is 0 Å². The molecule has 1 aromatic rings. The molecule has 1 heterocycles. The van der Waals surface area contributed by atoms with E-state index in [9.17, 15) is 18.0 Å². The van der Waals surface area contributed by atoms with Crippen LogP contribution in [0, 0.1) is 0 Å². The van der Waals surface area contributed by atoms with Gasteiger partial charge in [-0.2, -0.15) is 4.31 Å². The molecule has 2 amide bonds. The molecule has 1 saturated carbocycles. The van der Waals surface area contributed by atoms with Crippen molar-refractivity contribution < 1.29 is 18.0 Å². The number of sulfonamides is 1. The summed E-state index contributed by atoms with van der Waals surface area (Å²) in [5, 5.41) is 3.70. The molecule has 0 spiro atoms. The van der Waals surface area contributed by atoms with Crippen molar-refractivity contribution in [3.05, 3.63) is 34.9 Å². The second kappa shape index (κ2) is 9.24. The number of carbonyl (C=O) groups is 2. The zero-order valence-electron chi connectivity index (χ0n) is 17.6. The average molecular weight is 456 g/mol. The fourth-order valence-corrected chi connectivity index (χ4v) is 5.18. The first-order valence-electron chi connectivity index (χ1n) is 10.4. The molecule has 9 heteroatoms. The number of hydrogen-bond acceptors (Lipinski definition) is 4. The number of benzene rings is 1. The Morgan fingerprint density at radius 2 is 1.77 bits per heavy atom. The molecular formula is C21H30ClN3O4S.